The lowest BCUT2D eigenvalue weighted by molar-refractivity contribution is 0.0527. The van der Waals surface area contributed by atoms with Crippen molar-refractivity contribution in [3.05, 3.63) is 35.9 Å². The first-order valence-corrected chi connectivity index (χ1v) is 6.03. The van der Waals surface area contributed by atoms with E-state index >= 15 is 0 Å². The van der Waals surface area contributed by atoms with Gasteiger partial charge in [0, 0.05) is 18.9 Å². The summed E-state index contributed by atoms with van der Waals surface area (Å²) in [5, 5.41) is 6.80. The molecule has 1 heterocycles. The molecule has 0 bridgehead atoms. The Kier molecular flexibility index (Phi) is 3.88. The van der Waals surface area contributed by atoms with Gasteiger partial charge in [-0.25, -0.2) is 9.18 Å². The number of aromatic nitrogens is 2. The molecule has 0 aliphatic carbocycles. The van der Waals surface area contributed by atoms with Crippen molar-refractivity contribution >= 4 is 23.0 Å². The Bertz CT molecular complexity index is 639. The SMILES string of the molecule is CCOC(=O)c1cc(Nc2cnn(C)c2)c(F)cc1N. The van der Waals surface area contributed by atoms with Crippen molar-refractivity contribution in [2.45, 2.75) is 6.92 Å². The predicted octanol–water partition coefficient (Wildman–Crippen LogP) is 2.06. The van der Waals surface area contributed by atoms with Crippen LogP contribution in [0.15, 0.2) is 24.5 Å². The number of hydrogen-bond acceptors (Lipinski definition) is 5. The maximum Gasteiger partial charge on any atom is 0.340 e. The Morgan fingerprint density at radius 2 is 2.30 bits per heavy atom. The van der Waals surface area contributed by atoms with Gasteiger partial charge in [-0.15, -0.1) is 0 Å². The second-order valence-electron chi connectivity index (χ2n) is 4.17. The van der Waals surface area contributed by atoms with E-state index in [-0.39, 0.29) is 23.5 Å². The summed E-state index contributed by atoms with van der Waals surface area (Å²) in [5.74, 6) is -1.14. The molecule has 0 spiro atoms. The molecular formula is C13H15FN4O2. The second kappa shape index (κ2) is 5.60. The monoisotopic (exact) mass is 278 g/mol. The highest BCUT2D eigenvalue weighted by Gasteiger charge is 2.15. The molecule has 2 aromatic rings. The highest BCUT2D eigenvalue weighted by Crippen LogP contribution is 2.25. The van der Waals surface area contributed by atoms with Crippen LogP contribution >= 0.6 is 0 Å². The molecule has 0 saturated heterocycles. The molecular weight excluding hydrogens is 263 g/mol. The van der Waals surface area contributed by atoms with Gasteiger partial charge >= 0.3 is 5.97 Å². The molecule has 0 fully saturated rings. The summed E-state index contributed by atoms with van der Waals surface area (Å²) in [4.78, 5) is 11.7. The number of hydrogen-bond donors (Lipinski definition) is 2. The van der Waals surface area contributed by atoms with Gasteiger partial charge in [0.05, 0.1) is 29.7 Å². The summed E-state index contributed by atoms with van der Waals surface area (Å²) in [5.41, 5.74) is 6.54. The number of nitrogens with two attached hydrogens (primary N) is 1. The zero-order chi connectivity index (χ0) is 14.7. The lowest BCUT2D eigenvalue weighted by Gasteiger charge is -2.10. The maximum atomic E-state index is 13.9. The number of carbonyl (C=O) groups excluding carboxylic acids is 1. The Labute approximate surface area is 115 Å². The van der Waals surface area contributed by atoms with Gasteiger partial charge in [0.1, 0.15) is 5.82 Å². The highest BCUT2D eigenvalue weighted by molar-refractivity contribution is 5.96. The van der Waals surface area contributed by atoms with E-state index in [1.165, 1.54) is 6.07 Å². The van der Waals surface area contributed by atoms with Crippen molar-refractivity contribution in [1.82, 2.24) is 9.78 Å². The number of halogens is 1. The minimum absolute atomic E-state index is 0.0395. The number of ether oxygens (including phenoxy) is 1. The third-order valence-corrected chi connectivity index (χ3v) is 2.62. The molecule has 0 unspecified atom stereocenters. The Hall–Kier alpha value is -2.57. The van der Waals surface area contributed by atoms with E-state index in [4.69, 9.17) is 10.5 Å². The van der Waals surface area contributed by atoms with Crippen molar-refractivity contribution < 1.29 is 13.9 Å². The van der Waals surface area contributed by atoms with Gasteiger partial charge in [-0.3, -0.25) is 4.68 Å². The molecule has 2 rings (SSSR count). The third kappa shape index (κ3) is 2.87. The summed E-state index contributed by atoms with van der Waals surface area (Å²) in [6.07, 6.45) is 3.22. The van der Waals surface area contributed by atoms with Crippen LogP contribution in [0, 0.1) is 5.82 Å². The van der Waals surface area contributed by atoms with E-state index in [1.54, 1.807) is 31.0 Å². The zero-order valence-corrected chi connectivity index (χ0v) is 11.2. The average molecular weight is 278 g/mol. The smallest absolute Gasteiger partial charge is 0.340 e. The summed E-state index contributed by atoms with van der Waals surface area (Å²) in [6, 6.07) is 2.42. The van der Waals surface area contributed by atoms with Crippen LogP contribution in [0.1, 0.15) is 17.3 Å². The minimum atomic E-state index is -0.584. The fraction of sp³-hybridized carbons (Fsp3) is 0.231. The summed E-state index contributed by atoms with van der Waals surface area (Å²) in [6.45, 7) is 1.91. The molecule has 20 heavy (non-hydrogen) atoms. The van der Waals surface area contributed by atoms with Crippen molar-refractivity contribution in [2.24, 2.45) is 7.05 Å². The van der Waals surface area contributed by atoms with E-state index in [0.717, 1.165) is 6.07 Å². The third-order valence-electron chi connectivity index (χ3n) is 2.62. The van der Waals surface area contributed by atoms with Gasteiger partial charge in [0.15, 0.2) is 0 Å². The molecule has 0 aliphatic heterocycles. The molecule has 1 aromatic heterocycles. The molecule has 6 nitrogen and oxygen atoms in total. The van der Waals surface area contributed by atoms with Crippen LogP contribution in [-0.4, -0.2) is 22.4 Å². The van der Waals surface area contributed by atoms with Gasteiger partial charge in [-0.05, 0) is 19.1 Å². The molecule has 106 valence electrons. The molecule has 0 atom stereocenters. The van der Waals surface area contributed by atoms with Gasteiger partial charge in [0.25, 0.3) is 0 Å². The standard InChI is InChI=1S/C13H15FN4O2/c1-3-20-13(19)9-4-12(10(14)5-11(9)15)17-8-6-16-18(2)7-8/h4-7,17H,3,15H2,1-2H3. The number of rotatable bonds is 4. The molecule has 0 aliphatic rings. The van der Waals surface area contributed by atoms with Gasteiger partial charge in [-0.2, -0.15) is 5.10 Å². The van der Waals surface area contributed by atoms with E-state index in [9.17, 15) is 9.18 Å². The van der Waals surface area contributed by atoms with Crippen LogP contribution < -0.4 is 11.1 Å². The number of carbonyl (C=O) groups is 1. The van der Waals surface area contributed by atoms with Gasteiger partial charge < -0.3 is 15.8 Å². The molecule has 3 N–H and O–H groups in total. The van der Waals surface area contributed by atoms with E-state index < -0.39 is 11.8 Å². The lowest BCUT2D eigenvalue weighted by atomic mass is 10.1. The first-order valence-electron chi connectivity index (χ1n) is 6.03. The number of esters is 1. The summed E-state index contributed by atoms with van der Waals surface area (Å²) < 4.78 is 20.3. The van der Waals surface area contributed by atoms with Crippen molar-refractivity contribution in [2.75, 3.05) is 17.7 Å². The molecule has 1 aromatic carbocycles. The molecule has 7 heteroatoms. The van der Waals surface area contributed by atoms with Crippen LogP contribution in [0.5, 0.6) is 0 Å². The normalized spacial score (nSPS) is 10.3. The fourth-order valence-corrected chi connectivity index (χ4v) is 1.71. The van der Waals surface area contributed by atoms with Gasteiger partial charge in [-0.1, -0.05) is 0 Å². The topological polar surface area (TPSA) is 82.2 Å². The number of nitrogen functional groups attached to an aromatic ring is 1. The van der Waals surface area contributed by atoms with E-state index in [1.807, 2.05) is 0 Å². The Morgan fingerprint density at radius 1 is 1.55 bits per heavy atom. The highest BCUT2D eigenvalue weighted by atomic mass is 19.1. The van der Waals surface area contributed by atoms with Crippen LogP contribution in [0.4, 0.5) is 21.5 Å². The average Bonchev–Trinajstić information content (AvgIpc) is 2.78. The quantitative estimate of drug-likeness (QED) is 0.661. The number of benzene rings is 1. The minimum Gasteiger partial charge on any atom is -0.462 e. The van der Waals surface area contributed by atoms with E-state index in [0.29, 0.717) is 5.69 Å². The fourth-order valence-electron chi connectivity index (χ4n) is 1.71. The van der Waals surface area contributed by atoms with Gasteiger partial charge in [0.2, 0.25) is 0 Å². The van der Waals surface area contributed by atoms with Crippen LogP contribution in [-0.2, 0) is 11.8 Å². The number of nitrogens with zero attached hydrogens (tertiary/aromatic N) is 2. The van der Waals surface area contributed by atoms with Crippen LogP contribution in [0.25, 0.3) is 0 Å². The van der Waals surface area contributed by atoms with E-state index in [2.05, 4.69) is 10.4 Å². The molecule has 0 saturated carbocycles. The van der Waals surface area contributed by atoms with Crippen molar-refractivity contribution in [1.29, 1.82) is 0 Å². The Balaban J connectivity index is 2.33. The summed E-state index contributed by atoms with van der Waals surface area (Å²) in [7, 11) is 1.74. The first-order chi connectivity index (χ1) is 9.51. The van der Waals surface area contributed by atoms with Crippen LogP contribution in [0.3, 0.4) is 0 Å². The Morgan fingerprint density at radius 3 is 2.90 bits per heavy atom. The number of nitrogens with one attached hydrogen (secondary N) is 1. The molecule has 0 amide bonds. The lowest BCUT2D eigenvalue weighted by Crippen LogP contribution is -2.09. The second-order valence-corrected chi connectivity index (χ2v) is 4.17. The largest absolute Gasteiger partial charge is 0.462 e. The zero-order valence-electron chi connectivity index (χ0n) is 11.2. The predicted molar refractivity (Wildman–Crippen MR) is 73.3 cm³/mol. The summed E-state index contributed by atoms with van der Waals surface area (Å²) >= 11 is 0. The maximum absolute atomic E-state index is 13.9. The molecule has 0 radical (unpaired) electrons. The van der Waals surface area contributed by atoms with Crippen molar-refractivity contribution in [3.8, 4) is 0 Å². The number of aryl methyl sites for hydroxylation is 1. The van der Waals surface area contributed by atoms with Crippen molar-refractivity contribution in [3.63, 3.8) is 0 Å². The van der Waals surface area contributed by atoms with Crippen LogP contribution in [0.2, 0.25) is 0 Å². The first kappa shape index (κ1) is 13.9. The number of anilines is 3.